The van der Waals surface area contributed by atoms with Crippen LogP contribution < -0.4 is 9.62 Å². The summed E-state index contributed by atoms with van der Waals surface area (Å²) in [6, 6.07) is 9.69. The van der Waals surface area contributed by atoms with Gasteiger partial charge in [0.25, 0.3) is 0 Å². The Morgan fingerprint density at radius 3 is 2.28 bits per heavy atom. The van der Waals surface area contributed by atoms with Crippen LogP contribution in [0.1, 0.15) is 6.42 Å². The molecular formula is C16H15F3N2O3S. The average Bonchev–Trinajstić information content (AvgIpc) is 2.55. The molecule has 9 heteroatoms. The lowest BCUT2D eigenvalue weighted by molar-refractivity contribution is -0.116. The highest BCUT2D eigenvalue weighted by atomic mass is 32.2. The quantitative estimate of drug-likeness (QED) is 0.793. The summed E-state index contributed by atoms with van der Waals surface area (Å²) < 4.78 is 64.3. The molecule has 134 valence electrons. The smallest absolute Gasteiger partial charge is 0.232 e. The van der Waals surface area contributed by atoms with Gasteiger partial charge in [-0.1, -0.05) is 18.2 Å². The van der Waals surface area contributed by atoms with Gasteiger partial charge in [-0.3, -0.25) is 9.10 Å². The number of amides is 1. The molecule has 0 atom stereocenters. The molecular weight excluding hydrogens is 357 g/mol. The van der Waals surface area contributed by atoms with Gasteiger partial charge in [-0.05, 0) is 24.3 Å². The van der Waals surface area contributed by atoms with Gasteiger partial charge in [0.15, 0.2) is 17.5 Å². The Bertz CT molecular complexity index is 874. The zero-order valence-electron chi connectivity index (χ0n) is 13.2. The van der Waals surface area contributed by atoms with E-state index >= 15 is 0 Å². The first-order chi connectivity index (χ1) is 11.7. The third-order valence-electron chi connectivity index (χ3n) is 3.30. The molecule has 0 bridgehead atoms. The summed E-state index contributed by atoms with van der Waals surface area (Å²) in [5.74, 6) is -5.33. The number of carbonyl (C=O) groups excluding carboxylic acids is 1. The van der Waals surface area contributed by atoms with Gasteiger partial charge in [0, 0.05) is 13.0 Å². The van der Waals surface area contributed by atoms with Crippen molar-refractivity contribution in [1.29, 1.82) is 0 Å². The Labute approximate surface area is 143 Å². The van der Waals surface area contributed by atoms with E-state index in [0.29, 0.717) is 11.8 Å². The first-order valence-electron chi connectivity index (χ1n) is 7.16. The van der Waals surface area contributed by atoms with E-state index in [2.05, 4.69) is 5.32 Å². The highest BCUT2D eigenvalue weighted by molar-refractivity contribution is 7.92. The van der Waals surface area contributed by atoms with Gasteiger partial charge in [0.2, 0.25) is 15.9 Å². The van der Waals surface area contributed by atoms with Crippen LogP contribution in [0.2, 0.25) is 0 Å². The Morgan fingerprint density at radius 2 is 1.68 bits per heavy atom. The van der Waals surface area contributed by atoms with Crippen molar-refractivity contribution in [2.24, 2.45) is 0 Å². The van der Waals surface area contributed by atoms with Crippen molar-refractivity contribution in [1.82, 2.24) is 0 Å². The molecule has 0 fully saturated rings. The average molecular weight is 372 g/mol. The van der Waals surface area contributed by atoms with Crippen molar-refractivity contribution in [3.8, 4) is 0 Å². The van der Waals surface area contributed by atoms with E-state index < -0.39 is 39.1 Å². The normalized spacial score (nSPS) is 11.2. The van der Waals surface area contributed by atoms with Crippen LogP contribution in [0.5, 0.6) is 0 Å². The molecule has 0 saturated carbocycles. The van der Waals surface area contributed by atoms with Gasteiger partial charge >= 0.3 is 0 Å². The molecule has 0 aliphatic carbocycles. The van der Waals surface area contributed by atoms with Gasteiger partial charge < -0.3 is 5.32 Å². The maximum atomic E-state index is 13.5. The Hall–Kier alpha value is -2.55. The number of anilines is 2. The van der Waals surface area contributed by atoms with Crippen molar-refractivity contribution < 1.29 is 26.4 Å². The third kappa shape index (κ3) is 4.72. The van der Waals surface area contributed by atoms with Gasteiger partial charge in [0.05, 0.1) is 17.6 Å². The molecule has 1 N–H and O–H groups in total. The highest BCUT2D eigenvalue weighted by Gasteiger charge is 2.20. The van der Waals surface area contributed by atoms with Gasteiger partial charge in [-0.2, -0.15) is 0 Å². The van der Waals surface area contributed by atoms with Gasteiger partial charge in [-0.15, -0.1) is 0 Å². The lowest BCUT2D eigenvalue weighted by Crippen LogP contribution is -2.33. The van der Waals surface area contributed by atoms with E-state index in [-0.39, 0.29) is 13.0 Å². The second-order valence-corrected chi connectivity index (χ2v) is 7.10. The topological polar surface area (TPSA) is 66.5 Å². The largest absolute Gasteiger partial charge is 0.323 e. The fraction of sp³-hybridized carbons (Fsp3) is 0.188. The Morgan fingerprint density at radius 1 is 1.04 bits per heavy atom. The molecule has 2 rings (SSSR count). The minimum atomic E-state index is -3.64. The maximum absolute atomic E-state index is 13.5. The zero-order chi connectivity index (χ0) is 18.6. The van der Waals surface area contributed by atoms with E-state index in [9.17, 15) is 26.4 Å². The summed E-state index contributed by atoms with van der Waals surface area (Å²) in [6.07, 6.45) is 0.688. The molecule has 0 saturated heterocycles. The molecule has 1 amide bonds. The van der Waals surface area contributed by atoms with Crippen molar-refractivity contribution in [3.63, 3.8) is 0 Å². The number of hydrogen-bond donors (Lipinski definition) is 1. The van der Waals surface area contributed by atoms with E-state index in [1.54, 1.807) is 30.3 Å². The van der Waals surface area contributed by atoms with Crippen LogP contribution in [0.3, 0.4) is 0 Å². The van der Waals surface area contributed by atoms with Crippen LogP contribution in [0.15, 0.2) is 42.5 Å². The molecule has 5 nitrogen and oxygen atoms in total. The summed E-state index contributed by atoms with van der Waals surface area (Å²) in [7, 11) is -3.64. The summed E-state index contributed by atoms with van der Waals surface area (Å²) in [5.41, 5.74) is -0.147. The van der Waals surface area contributed by atoms with Crippen molar-refractivity contribution >= 4 is 27.3 Å². The number of halogens is 3. The number of nitrogens with one attached hydrogen (secondary N) is 1. The van der Waals surface area contributed by atoms with Crippen molar-refractivity contribution in [2.45, 2.75) is 6.42 Å². The Balaban J connectivity index is 2.09. The number of hydrogen-bond acceptors (Lipinski definition) is 3. The summed E-state index contributed by atoms with van der Waals surface area (Å²) >= 11 is 0. The summed E-state index contributed by atoms with van der Waals surface area (Å²) in [5, 5.41) is 2.09. The first kappa shape index (κ1) is 18.8. The third-order valence-corrected chi connectivity index (χ3v) is 4.49. The second kappa shape index (κ2) is 7.56. The zero-order valence-corrected chi connectivity index (χ0v) is 14.0. The molecule has 0 heterocycles. The van der Waals surface area contributed by atoms with Crippen molar-refractivity contribution in [2.75, 3.05) is 22.4 Å². The summed E-state index contributed by atoms with van der Waals surface area (Å²) in [4.78, 5) is 11.9. The highest BCUT2D eigenvalue weighted by Crippen LogP contribution is 2.20. The first-order valence-corrected chi connectivity index (χ1v) is 9.01. The minimum Gasteiger partial charge on any atom is -0.323 e. The van der Waals surface area contributed by atoms with E-state index in [1.807, 2.05) is 0 Å². The predicted octanol–water partition coefficient (Wildman–Crippen LogP) is 2.90. The molecule has 0 spiro atoms. The molecule has 25 heavy (non-hydrogen) atoms. The van der Waals surface area contributed by atoms with E-state index in [1.165, 1.54) is 0 Å². The lowest BCUT2D eigenvalue weighted by atomic mass is 10.2. The monoisotopic (exact) mass is 372 g/mol. The van der Waals surface area contributed by atoms with Crippen LogP contribution >= 0.6 is 0 Å². The number of sulfonamides is 1. The van der Waals surface area contributed by atoms with Crippen LogP contribution in [0.4, 0.5) is 24.5 Å². The standard InChI is InChI=1S/C16H15F3N2O3S/c1-25(23,24)21(11-5-3-2-4-6-11)10-9-14(22)20-13-8-7-12(17)15(18)16(13)19/h2-8H,9-10H2,1H3,(H,20,22). The van der Waals surface area contributed by atoms with Crippen LogP contribution in [-0.4, -0.2) is 27.1 Å². The number of nitrogens with zero attached hydrogens (tertiary/aromatic N) is 1. The SMILES string of the molecule is CS(=O)(=O)N(CCC(=O)Nc1ccc(F)c(F)c1F)c1ccccc1. The van der Waals surface area contributed by atoms with Gasteiger partial charge in [-0.25, -0.2) is 21.6 Å². The molecule has 0 aliphatic rings. The predicted molar refractivity (Wildman–Crippen MR) is 88.2 cm³/mol. The summed E-state index contributed by atoms with van der Waals surface area (Å²) in [6.45, 7) is -0.194. The fourth-order valence-corrected chi connectivity index (χ4v) is 3.05. The van der Waals surface area contributed by atoms with E-state index in [0.717, 1.165) is 16.6 Å². The molecule has 0 unspecified atom stereocenters. The number of rotatable bonds is 6. The molecule has 0 aromatic heterocycles. The second-order valence-electron chi connectivity index (χ2n) is 5.19. The minimum absolute atomic E-state index is 0.194. The van der Waals surface area contributed by atoms with Gasteiger partial charge in [0.1, 0.15) is 0 Å². The number of para-hydroxylation sites is 1. The number of benzene rings is 2. The molecule has 0 aliphatic heterocycles. The molecule has 0 radical (unpaired) electrons. The number of carbonyl (C=O) groups is 1. The van der Waals surface area contributed by atoms with Crippen LogP contribution in [-0.2, 0) is 14.8 Å². The fourth-order valence-electron chi connectivity index (χ4n) is 2.12. The van der Waals surface area contributed by atoms with Crippen molar-refractivity contribution in [3.05, 3.63) is 59.9 Å². The van der Waals surface area contributed by atoms with E-state index in [4.69, 9.17) is 0 Å². The lowest BCUT2D eigenvalue weighted by Gasteiger charge is -2.22. The Kier molecular flexibility index (Phi) is 5.68. The van der Waals surface area contributed by atoms with Crippen LogP contribution in [0.25, 0.3) is 0 Å². The molecule has 2 aromatic rings. The maximum Gasteiger partial charge on any atom is 0.232 e. The molecule has 2 aromatic carbocycles. The van der Waals surface area contributed by atoms with Crippen LogP contribution in [0, 0.1) is 17.5 Å².